The zero-order chi connectivity index (χ0) is 9.26. The average molecular weight is 182 g/mol. The van der Waals surface area contributed by atoms with Crippen molar-refractivity contribution in [1.29, 1.82) is 0 Å². The summed E-state index contributed by atoms with van der Waals surface area (Å²) in [6, 6.07) is 0.166. The maximum absolute atomic E-state index is 10.6. The van der Waals surface area contributed by atoms with E-state index in [-0.39, 0.29) is 17.3 Å². The van der Waals surface area contributed by atoms with Crippen LogP contribution in [0.15, 0.2) is 19.8 Å². The van der Waals surface area contributed by atoms with Gasteiger partial charge in [-0.05, 0) is 6.92 Å². The van der Waals surface area contributed by atoms with E-state index < -0.39 is 5.82 Å². The first-order valence-electron chi connectivity index (χ1n) is 3.69. The third-order valence-corrected chi connectivity index (χ3v) is 1.35. The summed E-state index contributed by atoms with van der Waals surface area (Å²) in [6.45, 7) is 2.26. The Labute approximate surface area is 72.2 Å². The molecule has 68 valence electrons. The first kappa shape index (κ1) is 7.78. The van der Waals surface area contributed by atoms with Crippen molar-refractivity contribution < 1.29 is 13.6 Å². The zero-order valence-electron chi connectivity index (χ0n) is 6.81. The molecule has 0 saturated heterocycles. The van der Waals surface area contributed by atoms with Crippen molar-refractivity contribution in [3.63, 3.8) is 0 Å². The van der Waals surface area contributed by atoms with Crippen molar-refractivity contribution >= 4 is 11.3 Å². The normalized spacial score (nSPS) is 10.5. The van der Waals surface area contributed by atoms with Crippen molar-refractivity contribution in [3.8, 4) is 6.01 Å². The summed E-state index contributed by atoms with van der Waals surface area (Å²) in [4.78, 5) is 18.2. The molecular formula is C7H6N2O4. The molecule has 6 nitrogen and oxygen atoms in total. The Hall–Kier alpha value is -1.85. The second-order valence-corrected chi connectivity index (χ2v) is 2.21. The lowest BCUT2D eigenvalue weighted by Gasteiger charge is -1.96. The molecule has 0 aliphatic rings. The van der Waals surface area contributed by atoms with Gasteiger partial charge in [-0.15, -0.1) is 0 Å². The molecule has 0 aliphatic carbocycles. The number of nitrogens with zero attached hydrogens (tertiary/aromatic N) is 2. The molecule has 0 N–H and O–H groups in total. The molecule has 6 heteroatoms. The van der Waals surface area contributed by atoms with Crippen molar-refractivity contribution in [1.82, 2.24) is 9.97 Å². The Bertz CT molecular complexity index is 473. The fourth-order valence-electron chi connectivity index (χ4n) is 0.871. The first-order valence-corrected chi connectivity index (χ1v) is 3.69. The number of hydrogen-bond donors (Lipinski definition) is 0. The Morgan fingerprint density at radius 2 is 2.38 bits per heavy atom. The van der Waals surface area contributed by atoms with Gasteiger partial charge in [0.15, 0.2) is 0 Å². The van der Waals surface area contributed by atoms with Crippen molar-refractivity contribution in [2.75, 3.05) is 6.61 Å². The fourth-order valence-corrected chi connectivity index (χ4v) is 0.871. The van der Waals surface area contributed by atoms with E-state index in [1.54, 1.807) is 6.92 Å². The minimum Gasteiger partial charge on any atom is -0.464 e. The van der Waals surface area contributed by atoms with Gasteiger partial charge >= 0.3 is 11.8 Å². The molecule has 0 aromatic carbocycles. The molecule has 0 unspecified atom stereocenters. The highest BCUT2D eigenvalue weighted by Gasteiger charge is 2.07. The lowest BCUT2D eigenvalue weighted by molar-refractivity contribution is 0.312. The van der Waals surface area contributed by atoms with E-state index in [1.807, 2.05) is 0 Å². The third kappa shape index (κ3) is 1.37. The van der Waals surface area contributed by atoms with Gasteiger partial charge in [-0.25, -0.2) is 4.79 Å². The summed E-state index contributed by atoms with van der Waals surface area (Å²) in [5, 5.41) is 0. The van der Waals surface area contributed by atoms with Gasteiger partial charge in [0.25, 0.3) is 5.71 Å². The topological polar surface area (TPSA) is 78.4 Å². The van der Waals surface area contributed by atoms with E-state index in [0.29, 0.717) is 6.61 Å². The molecule has 2 aromatic rings. The molecule has 0 spiro atoms. The summed E-state index contributed by atoms with van der Waals surface area (Å²) in [5.41, 5.74) is 0.317. The molecule has 0 bridgehead atoms. The molecular weight excluding hydrogens is 176 g/mol. The predicted octanol–water partition coefficient (Wildman–Crippen LogP) is 0.575. The summed E-state index contributed by atoms with van der Waals surface area (Å²) < 4.78 is 14.2. The molecule has 2 heterocycles. The second kappa shape index (κ2) is 2.89. The Kier molecular flexibility index (Phi) is 1.73. The SMILES string of the molecule is CCOc1ncc2oc(=O)oc2n1. The van der Waals surface area contributed by atoms with Crippen LogP contribution in [0.3, 0.4) is 0 Å². The molecule has 0 saturated carbocycles. The smallest absolute Gasteiger partial charge is 0.464 e. The molecule has 0 atom stereocenters. The summed E-state index contributed by atoms with van der Waals surface area (Å²) in [6.07, 6.45) is 1.33. The Morgan fingerprint density at radius 3 is 3.15 bits per heavy atom. The number of fused-ring (bicyclic) bond motifs is 1. The van der Waals surface area contributed by atoms with Gasteiger partial charge in [0, 0.05) is 0 Å². The van der Waals surface area contributed by atoms with Gasteiger partial charge in [-0.1, -0.05) is 0 Å². The third-order valence-electron chi connectivity index (χ3n) is 1.35. The number of ether oxygens (including phenoxy) is 1. The van der Waals surface area contributed by atoms with E-state index in [1.165, 1.54) is 6.20 Å². The number of aromatic nitrogens is 2. The average Bonchev–Trinajstić information content (AvgIpc) is 2.44. The van der Waals surface area contributed by atoms with Crippen molar-refractivity contribution in [2.24, 2.45) is 0 Å². The molecule has 2 aromatic heterocycles. The van der Waals surface area contributed by atoms with Gasteiger partial charge in [-0.2, -0.15) is 9.97 Å². The second-order valence-electron chi connectivity index (χ2n) is 2.21. The zero-order valence-corrected chi connectivity index (χ0v) is 6.81. The monoisotopic (exact) mass is 182 g/mol. The Morgan fingerprint density at radius 1 is 1.54 bits per heavy atom. The lowest BCUT2D eigenvalue weighted by atomic mass is 10.6. The molecule has 2 rings (SSSR count). The van der Waals surface area contributed by atoms with Crippen LogP contribution in [0.1, 0.15) is 6.92 Å². The van der Waals surface area contributed by atoms with Crippen LogP contribution in [-0.4, -0.2) is 16.6 Å². The minimum absolute atomic E-state index is 0.100. The van der Waals surface area contributed by atoms with Gasteiger partial charge in [0.1, 0.15) is 0 Å². The van der Waals surface area contributed by atoms with E-state index in [9.17, 15) is 4.79 Å². The molecule has 0 amide bonds. The molecule has 13 heavy (non-hydrogen) atoms. The number of hydrogen-bond acceptors (Lipinski definition) is 6. The van der Waals surface area contributed by atoms with Crippen LogP contribution in [0.2, 0.25) is 0 Å². The van der Waals surface area contributed by atoms with Crippen LogP contribution in [0.4, 0.5) is 0 Å². The standard InChI is InChI=1S/C7H6N2O4/c1-2-11-6-8-3-4-5(9-6)13-7(10)12-4/h3H,2H2,1H3. The van der Waals surface area contributed by atoms with Crippen LogP contribution in [0, 0.1) is 0 Å². The Balaban J connectivity index is 2.54. The molecule has 0 aliphatic heterocycles. The summed E-state index contributed by atoms with van der Waals surface area (Å²) >= 11 is 0. The van der Waals surface area contributed by atoms with E-state index in [0.717, 1.165) is 0 Å². The highest BCUT2D eigenvalue weighted by molar-refractivity contribution is 5.63. The predicted molar refractivity (Wildman–Crippen MR) is 41.5 cm³/mol. The van der Waals surface area contributed by atoms with Crippen LogP contribution in [-0.2, 0) is 0 Å². The highest BCUT2D eigenvalue weighted by Crippen LogP contribution is 2.11. The maximum Gasteiger partial charge on any atom is 0.521 e. The van der Waals surface area contributed by atoms with Gasteiger partial charge in [-0.3, -0.25) is 0 Å². The summed E-state index contributed by atoms with van der Waals surface area (Å²) in [7, 11) is 0. The van der Waals surface area contributed by atoms with E-state index in [4.69, 9.17) is 4.74 Å². The van der Waals surface area contributed by atoms with Gasteiger partial charge in [0.2, 0.25) is 5.58 Å². The highest BCUT2D eigenvalue weighted by atomic mass is 16.6. The van der Waals surface area contributed by atoms with Crippen LogP contribution >= 0.6 is 0 Å². The van der Waals surface area contributed by atoms with Crippen molar-refractivity contribution in [2.45, 2.75) is 6.92 Å². The fraction of sp³-hybridized carbons (Fsp3) is 0.286. The molecule has 0 fully saturated rings. The lowest BCUT2D eigenvalue weighted by Crippen LogP contribution is -1.96. The summed E-state index contributed by atoms with van der Waals surface area (Å²) in [5.74, 6) is -0.794. The minimum atomic E-state index is -0.794. The van der Waals surface area contributed by atoms with Gasteiger partial charge < -0.3 is 13.6 Å². The van der Waals surface area contributed by atoms with Crippen LogP contribution < -0.4 is 10.6 Å². The van der Waals surface area contributed by atoms with E-state index in [2.05, 4.69) is 18.8 Å². The number of rotatable bonds is 2. The maximum atomic E-state index is 10.6. The van der Waals surface area contributed by atoms with Crippen LogP contribution in [0.5, 0.6) is 6.01 Å². The van der Waals surface area contributed by atoms with Crippen molar-refractivity contribution in [3.05, 3.63) is 16.8 Å². The largest absolute Gasteiger partial charge is 0.521 e. The molecule has 0 radical (unpaired) electrons. The van der Waals surface area contributed by atoms with Crippen LogP contribution in [0.25, 0.3) is 11.3 Å². The quantitative estimate of drug-likeness (QED) is 0.675. The van der Waals surface area contributed by atoms with Gasteiger partial charge in [0.05, 0.1) is 12.8 Å². The van der Waals surface area contributed by atoms with E-state index >= 15 is 0 Å². The first-order chi connectivity index (χ1) is 6.29.